The van der Waals surface area contributed by atoms with Gasteiger partial charge < -0.3 is 10.1 Å². The Morgan fingerprint density at radius 3 is 2.30 bits per heavy atom. The van der Waals surface area contributed by atoms with Crippen LogP contribution in [0.5, 0.6) is 0 Å². The highest BCUT2D eigenvalue weighted by atomic mass is 35.5. The van der Waals surface area contributed by atoms with Crippen molar-refractivity contribution >= 4 is 69.9 Å². The molecule has 0 saturated heterocycles. The molecule has 0 saturated carbocycles. The molecule has 0 bridgehead atoms. The van der Waals surface area contributed by atoms with Crippen LogP contribution in [0, 0.1) is 11.3 Å². The fourth-order valence-electron chi connectivity index (χ4n) is 2.19. The monoisotopic (exact) mass is 524 g/mol. The van der Waals surface area contributed by atoms with E-state index in [1.807, 2.05) is 0 Å². The number of hydrogen-bond acceptors (Lipinski definition) is 5. The zero-order chi connectivity index (χ0) is 22.9. The minimum Gasteiger partial charge on any atom is -0.375 e. The van der Waals surface area contributed by atoms with Crippen LogP contribution in [-0.4, -0.2) is 33.3 Å². The van der Waals surface area contributed by atoms with Crippen LogP contribution in [0.15, 0.2) is 17.0 Å². The number of thioether (sulfide) groups is 1. The molecule has 1 heterocycles. The van der Waals surface area contributed by atoms with Gasteiger partial charge in [-0.2, -0.15) is 27.9 Å². The molecular weight excluding hydrogens is 518 g/mol. The summed E-state index contributed by atoms with van der Waals surface area (Å²) in [4.78, 5) is 11.7. The third kappa shape index (κ3) is 5.84. The summed E-state index contributed by atoms with van der Waals surface area (Å²) in [6.45, 7) is -0.450. The second kappa shape index (κ2) is 9.38. The molecule has 1 aromatic carbocycles. The summed E-state index contributed by atoms with van der Waals surface area (Å²) in [7, 11) is 1.22. The van der Waals surface area contributed by atoms with Crippen molar-refractivity contribution in [2.24, 2.45) is 0 Å². The summed E-state index contributed by atoms with van der Waals surface area (Å²) in [5, 5.41) is 14.5. The van der Waals surface area contributed by atoms with Crippen LogP contribution < -0.4 is 5.32 Å². The van der Waals surface area contributed by atoms with Gasteiger partial charge in [-0.15, -0.1) is 0 Å². The lowest BCUT2D eigenvalue weighted by Gasteiger charge is -2.16. The third-order valence-electron chi connectivity index (χ3n) is 3.25. The topological polar surface area (TPSA) is 79.9 Å². The number of alkyl halides is 6. The van der Waals surface area contributed by atoms with Gasteiger partial charge in [0.2, 0.25) is 0 Å². The fraction of sp³-hybridized carbons (Fsp3) is 0.267. The molecule has 0 unspecified atom stereocenters. The first-order valence-electron chi connectivity index (χ1n) is 7.42. The van der Waals surface area contributed by atoms with Crippen LogP contribution in [0.25, 0.3) is 5.69 Å². The summed E-state index contributed by atoms with van der Waals surface area (Å²) in [5.74, 6) is -1.12. The van der Waals surface area contributed by atoms with Gasteiger partial charge in [0, 0.05) is 7.11 Å². The van der Waals surface area contributed by atoms with Gasteiger partial charge in [-0.25, -0.2) is 4.68 Å². The molecule has 0 atom stereocenters. The Morgan fingerprint density at radius 1 is 1.30 bits per heavy atom. The number of nitrogens with one attached hydrogen (secondary N) is 1. The first-order chi connectivity index (χ1) is 13.8. The Balaban J connectivity index is 2.76. The van der Waals surface area contributed by atoms with Crippen LogP contribution in [-0.2, 0) is 15.7 Å². The number of nitrogens with zero attached hydrogens (tertiary/aromatic N) is 3. The van der Waals surface area contributed by atoms with Gasteiger partial charge in [0.05, 0.1) is 20.5 Å². The quantitative estimate of drug-likeness (QED) is 0.292. The Kier molecular flexibility index (Phi) is 7.77. The lowest BCUT2D eigenvalue weighted by atomic mass is 10.2. The molecule has 0 radical (unpaired) electrons. The molecule has 2 aromatic rings. The molecule has 0 fully saturated rings. The molecular formula is C15H8Cl4F4N4O2S. The van der Waals surface area contributed by atoms with Crippen LogP contribution in [0.3, 0.4) is 0 Å². The number of aromatic nitrogens is 2. The number of ether oxygens (including phenoxy) is 1. The van der Waals surface area contributed by atoms with E-state index in [1.165, 1.54) is 7.11 Å². The number of anilines is 1. The van der Waals surface area contributed by atoms with Crippen LogP contribution in [0.1, 0.15) is 11.3 Å². The molecule has 2 rings (SSSR count). The van der Waals surface area contributed by atoms with Gasteiger partial charge in [-0.3, -0.25) is 4.79 Å². The van der Waals surface area contributed by atoms with E-state index < -0.39 is 43.9 Å². The van der Waals surface area contributed by atoms with Gasteiger partial charge in [0.15, 0.2) is 11.5 Å². The van der Waals surface area contributed by atoms with E-state index in [9.17, 15) is 27.6 Å². The number of carbonyl (C=O) groups is 1. The average Bonchev–Trinajstić information content (AvgIpc) is 2.89. The van der Waals surface area contributed by atoms with Gasteiger partial charge in [-0.05, 0) is 23.9 Å². The van der Waals surface area contributed by atoms with E-state index in [0.717, 1.165) is 4.68 Å². The predicted molar refractivity (Wildman–Crippen MR) is 105 cm³/mol. The Bertz CT molecular complexity index is 995. The predicted octanol–water partition coefficient (Wildman–Crippen LogP) is 5.80. The normalized spacial score (nSPS) is 12.0. The average molecular weight is 526 g/mol. The molecule has 0 aliphatic rings. The van der Waals surface area contributed by atoms with Crippen molar-refractivity contribution in [1.29, 1.82) is 5.26 Å². The molecule has 30 heavy (non-hydrogen) atoms. The van der Waals surface area contributed by atoms with Crippen LogP contribution in [0.2, 0.25) is 10.0 Å². The molecule has 1 N–H and O–H groups in total. The maximum absolute atomic E-state index is 13.8. The van der Waals surface area contributed by atoms with Gasteiger partial charge in [0.1, 0.15) is 18.4 Å². The number of amides is 1. The van der Waals surface area contributed by atoms with Gasteiger partial charge in [-0.1, -0.05) is 46.4 Å². The minimum atomic E-state index is -4.74. The number of rotatable bonds is 6. The van der Waals surface area contributed by atoms with E-state index >= 15 is 0 Å². The molecule has 0 aliphatic carbocycles. The van der Waals surface area contributed by atoms with Crippen molar-refractivity contribution in [2.45, 2.75) is 15.0 Å². The first-order valence-corrected chi connectivity index (χ1v) is 9.75. The van der Waals surface area contributed by atoms with Crippen molar-refractivity contribution in [3.63, 3.8) is 0 Å². The number of hydrogen-bond donors (Lipinski definition) is 1. The largest absolute Gasteiger partial charge is 0.416 e. The molecule has 0 spiro atoms. The molecule has 0 aliphatic heterocycles. The number of methoxy groups -OCH3 is 1. The van der Waals surface area contributed by atoms with Crippen molar-refractivity contribution < 1.29 is 27.1 Å². The van der Waals surface area contributed by atoms with E-state index in [1.54, 1.807) is 6.07 Å². The summed E-state index contributed by atoms with van der Waals surface area (Å²) in [5.41, 5.74) is -1.91. The Morgan fingerprint density at radius 2 is 1.87 bits per heavy atom. The molecule has 1 aromatic heterocycles. The molecule has 1 amide bonds. The molecule has 6 nitrogen and oxygen atoms in total. The maximum Gasteiger partial charge on any atom is 0.416 e. The summed E-state index contributed by atoms with van der Waals surface area (Å²) < 4.78 is 55.4. The standard InChI is InChI=1S/C15H8Cl4F4N4O2S/c1-29-5-10(28)25-13-12(30-15(18,19)23)9(4-24)26-27(13)11-7(16)2-6(3-8(11)17)14(20,21)22/h2-3H,5H2,1H3,(H,25,28). The SMILES string of the molecule is COCC(=O)Nc1c(SC(F)(Cl)Cl)c(C#N)nn1-c1c(Cl)cc(C(F)(F)F)cc1Cl. The molecule has 15 heteroatoms. The van der Waals surface area contributed by atoms with E-state index in [2.05, 4.69) is 15.2 Å². The smallest absolute Gasteiger partial charge is 0.375 e. The number of benzene rings is 1. The van der Waals surface area contributed by atoms with E-state index in [4.69, 9.17) is 46.4 Å². The first kappa shape index (κ1) is 24.8. The Labute approximate surface area is 191 Å². The summed E-state index contributed by atoms with van der Waals surface area (Å²) in [6.07, 6.45) is -4.74. The highest BCUT2D eigenvalue weighted by Crippen LogP contribution is 2.47. The van der Waals surface area contributed by atoms with E-state index in [-0.39, 0.29) is 28.2 Å². The Hall–Kier alpha value is -1.42. The lowest BCUT2D eigenvalue weighted by molar-refractivity contribution is -0.137. The van der Waals surface area contributed by atoms with Crippen molar-refractivity contribution in [3.8, 4) is 11.8 Å². The highest BCUT2D eigenvalue weighted by Gasteiger charge is 2.35. The lowest BCUT2D eigenvalue weighted by Crippen LogP contribution is -2.20. The van der Waals surface area contributed by atoms with Crippen LogP contribution in [0.4, 0.5) is 23.4 Å². The zero-order valence-electron chi connectivity index (χ0n) is 14.5. The fourth-order valence-corrected chi connectivity index (χ4v) is 3.95. The van der Waals surface area contributed by atoms with Gasteiger partial charge in [0.25, 0.3) is 5.91 Å². The number of carbonyl (C=O) groups excluding carboxylic acids is 1. The zero-order valence-corrected chi connectivity index (χ0v) is 18.3. The molecule has 162 valence electrons. The minimum absolute atomic E-state index is 0.110. The second-order valence-electron chi connectivity index (χ2n) is 5.37. The summed E-state index contributed by atoms with van der Waals surface area (Å²) >= 11 is 22.8. The van der Waals surface area contributed by atoms with Crippen molar-refractivity contribution in [3.05, 3.63) is 33.4 Å². The van der Waals surface area contributed by atoms with Crippen molar-refractivity contribution in [2.75, 3.05) is 19.0 Å². The number of nitriles is 1. The van der Waals surface area contributed by atoms with Crippen LogP contribution >= 0.6 is 58.2 Å². The second-order valence-corrected chi connectivity index (χ2v) is 9.04. The highest BCUT2D eigenvalue weighted by molar-refractivity contribution is 8.03. The van der Waals surface area contributed by atoms with E-state index in [0.29, 0.717) is 12.1 Å². The van der Waals surface area contributed by atoms with Crippen molar-refractivity contribution in [1.82, 2.24) is 9.78 Å². The number of halogens is 8. The maximum atomic E-state index is 13.8. The summed E-state index contributed by atoms with van der Waals surface area (Å²) in [6, 6.07) is 2.80. The van der Waals surface area contributed by atoms with Gasteiger partial charge >= 0.3 is 10.1 Å². The third-order valence-corrected chi connectivity index (χ3v) is 5.12.